The minimum absolute atomic E-state index is 0.218. The molecule has 2 rings (SSSR count). The molecule has 0 heterocycles. The molecule has 2 aliphatic carbocycles. The normalized spacial score (nSPS) is 25.6. The maximum Gasteiger partial charge on any atom is 0.321 e. The highest BCUT2D eigenvalue weighted by Crippen LogP contribution is 2.35. The van der Waals surface area contributed by atoms with Crippen LogP contribution in [-0.4, -0.2) is 35.1 Å². The minimum atomic E-state index is -0.619. The van der Waals surface area contributed by atoms with Crippen LogP contribution >= 0.6 is 0 Å². The molecule has 2 fully saturated rings. The SMILES string of the molecule is CN(C1CC1)C(C(=O)O)C1CCCC1. The molecule has 2 aliphatic rings. The number of rotatable bonds is 4. The topological polar surface area (TPSA) is 40.5 Å². The van der Waals surface area contributed by atoms with E-state index in [0.29, 0.717) is 12.0 Å². The summed E-state index contributed by atoms with van der Waals surface area (Å²) < 4.78 is 0. The summed E-state index contributed by atoms with van der Waals surface area (Å²) in [5, 5.41) is 9.24. The quantitative estimate of drug-likeness (QED) is 0.746. The van der Waals surface area contributed by atoms with Crippen LogP contribution in [0.2, 0.25) is 0 Å². The summed E-state index contributed by atoms with van der Waals surface area (Å²) in [6, 6.07) is 0.335. The van der Waals surface area contributed by atoms with Crippen LogP contribution in [0.1, 0.15) is 38.5 Å². The zero-order valence-electron chi connectivity index (χ0n) is 8.78. The van der Waals surface area contributed by atoms with Crippen molar-refractivity contribution in [2.45, 2.75) is 50.6 Å². The second-order valence-electron chi connectivity index (χ2n) is 4.72. The first-order valence-electron chi connectivity index (χ1n) is 5.65. The van der Waals surface area contributed by atoms with Crippen molar-refractivity contribution in [1.29, 1.82) is 0 Å². The van der Waals surface area contributed by atoms with Gasteiger partial charge in [-0.05, 0) is 38.6 Å². The average molecular weight is 197 g/mol. The number of carboxylic acid groups (broad SMARTS) is 1. The van der Waals surface area contributed by atoms with E-state index >= 15 is 0 Å². The molecule has 3 nitrogen and oxygen atoms in total. The molecule has 0 spiro atoms. The monoisotopic (exact) mass is 197 g/mol. The predicted octanol–water partition coefficient (Wildman–Crippen LogP) is 1.72. The smallest absolute Gasteiger partial charge is 0.321 e. The number of likely N-dealkylation sites (N-methyl/N-ethyl adjacent to an activating group) is 1. The largest absolute Gasteiger partial charge is 0.480 e. The molecule has 0 aromatic rings. The Kier molecular flexibility index (Phi) is 2.77. The molecule has 0 aromatic heterocycles. The van der Waals surface area contributed by atoms with Gasteiger partial charge in [-0.2, -0.15) is 0 Å². The second kappa shape index (κ2) is 3.89. The maximum atomic E-state index is 11.2. The molecule has 80 valence electrons. The summed E-state index contributed by atoms with van der Waals surface area (Å²) in [7, 11) is 1.98. The van der Waals surface area contributed by atoms with Crippen LogP contribution in [0.15, 0.2) is 0 Å². The van der Waals surface area contributed by atoms with E-state index in [4.69, 9.17) is 0 Å². The van der Waals surface area contributed by atoms with Crippen LogP contribution < -0.4 is 0 Å². The third-order valence-corrected chi connectivity index (χ3v) is 3.66. The van der Waals surface area contributed by atoms with Gasteiger partial charge in [0.25, 0.3) is 0 Å². The molecule has 2 saturated carbocycles. The van der Waals surface area contributed by atoms with Crippen molar-refractivity contribution in [3.8, 4) is 0 Å². The van der Waals surface area contributed by atoms with Crippen LogP contribution in [0.25, 0.3) is 0 Å². The summed E-state index contributed by atoms with van der Waals surface area (Å²) >= 11 is 0. The van der Waals surface area contributed by atoms with Gasteiger partial charge in [0.15, 0.2) is 0 Å². The second-order valence-corrected chi connectivity index (χ2v) is 4.72. The fourth-order valence-corrected chi connectivity index (χ4v) is 2.69. The Morgan fingerprint density at radius 3 is 2.29 bits per heavy atom. The molecular weight excluding hydrogens is 178 g/mol. The first kappa shape index (κ1) is 9.97. The van der Waals surface area contributed by atoms with Gasteiger partial charge in [-0.15, -0.1) is 0 Å². The fraction of sp³-hybridized carbons (Fsp3) is 0.909. The Morgan fingerprint density at radius 2 is 1.86 bits per heavy atom. The predicted molar refractivity (Wildman–Crippen MR) is 54.2 cm³/mol. The number of carboxylic acids is 1. The Bertz CT molecular complexity index is 217. The van der Waals surface area contributed by atoms with Crippen LogP contribution in [0, 0.1) is 5.92 Å². The lowest BCUT2D eigenvalue weighted by molar-refractivity contribution is -0.145. The van der Waals surface area contributed by atoms with Gasteiger partial charge >= 0.3 is 5.97 Å². The number of hydrogen-bond donors (Lipinski definition) is 1. The molecular formula is C11H19NO2. The molecule has 0 aliphatic heterocycles. The van der Waals surface area contributed by atoms with E-state index in [2.05, 4.69) is 4.90 Å². The van der Waals surface area contributed by atoms with Gasteiger partial charge in [-0.3, -0.25) is 9.69 Å². The zero-order valence-corrected chi connectivity index (χ0v) is 8.78. The molecule has 1 atom stereocenters. The van der Waals surface area contributed by atoms with Crippen LogP contribution in [-0.2, 0) is 4.79 Å². The van der Waals surface area contributed by atoms with E-state index in [9.17, 15) is 9.90 Å². The highest BCUT2D eigenvalue weighted by Gasteiger charge is 2.39. The van der Waals surface area contributed by atoms with Gasteiger partial charge in [-0.1, -0.05) is 12.8 Å². The molecule has 1 N–H and O–H groups in total. The van der Waals surface area contributed by atoms with Crippen molar-refractivity contribution < 1.29 is 9.90 Å². The van der Waals surface area contributed by atoms with Crippen molar-refractivity contribution >= 4 is 5.97 Å². The van der Waals surface area contributed by atoms with E-state index in [1.54, 1.807) is 0 Å². The lowest BCUT2D eigenvalue weighted by atomic mass is 9.97. The summed E-state index contributed by atoms with van der Waals surface area (Å²) in [6.45, 7) is 0. The van der Waals surface area contributed by atoms with E-state index in [-0.39, 0.29) is 6.04 Å². The average Bonchev–Trinajstić information content (AvgIpc) is 2.85. The fourth-order valence-electron chi connectivity index (χ4n) is 2.69. The number of carbonyl (C=O) groups is 1. The Balaban J connectivity index is 2.01. The number of nitrogens with zero attached hydrogens (tertiary/aromatic N) is 1. The molecule has 0 bridgehead atoms. The molecule has 0 radical (unpaired) electrons. The highest BCUT2D eigenvalue weighted by molar-refractivity contribution is 5.74. The summed E-state index contributed by atoms with van der Waals surface area (Å²) in [5.41, 5.74) is 0. The van der Waals surface area contributed by atoms with Crippen molar-refractivity contribution in [3.05, 3.63) is 0 Å². The number of hydrogen-bond acceptors (Lipinski definition) is 2. The van der Waals surface area contributed by atoms with Gasteiger partial charge in [0, 0.05) is 6.04 Å². The Hall–Kier alpha value is -0.570. The Morgan fingerprint density at radius 1 is 1.29 bits per heavy atom. The molecule has 14 heavy (non-hydrogen) atoms. The standard InChI is InChI=1S/C11H19NO2/c1-12(9-6-7-9)10(11(13)14)8-4-2-3-5-8/h8-10H,2-7H2,1H3,(H,13,14). The summed E-state index contributed by atoms with van der Waals surface area (Å²) in [6.07, 6.45) is 7.02. The molecule has 0 amide bonds. The molecule has 0 aromatic carbocycles. The summed E-state index contributed by atoms with van der Waals surface area (Å²) in [4.78, 5) is 13.3. The van der Waals surface area contributed by atoms with Crippen LogP contribution in [0.4, 0.5) is 0 Å². The maximum absolute atomic E-state index is 11.2. The van der Waals surface area contributed by atoms with Crippen LogP contribution in [0.3, 0.4) is 0 Å². The van der Waals surface area contributed by atoms with Gasteiger partial charge in [0.05, 0.1) is 0 Å². The molecule has 1 unspecified atom stereocenters. The minimum Gasteiger partial charge on any atom is -0.480 e. The van der Waals surface area contributed by atoms with Crippen molar-refractivity contribution in [2.75, 3.05) is 7.05 Å². The van der Waals surface area contributed by atoms with Gasteiger partial charge in [0.1, 0.15) is 6.04 Å². The van der Waals surface area contributed by atoms with Gasteiger partial charge in [0.2, 0.25) is 0 Å². The molecule has 3 heteroatoms. The van der Waals surface area contributed by atoms with Gasteiger partial charge < -0.3 is 5.11 Å². The number of aliphatic carboxylic acids is 1. The summed E-state index contributed by atoms with van der Waals surface area (Å²) in [5.74, 6) is -0.218. The lowest BCUT2D eigenvalue weighted by Crippen LogP contribution is -2.44. The lowest BCUT2D eigenvalue weighted by Gasteiger charge is -2.29. The van der Waals surface area contributed by atoms with Crippen molar-refractivity contribution in [1.82, 2.24) is 4.90 Å². The first-order valence-corrected chi connectivity index (χ1v) is 5.65. The van der Waals surface area contributed by atoms with Crippen molar-refractivity contribution in [3.63, 3.8) is 0 Å². The van der Waals surface area contributed by atoms with E-state index in [1.165, 1.54) is 25.7 Å². The zero-order chi connectivity index (χ0) is 10.1. The first-order chi connectivity index (χ1) is 6.70. The third-order valence-electron chi connectivity index (χ3n) is 3.66. The van der Waals surface area contributed by atoms with Crippen LogP contribution in [0.5, 0.6) is 0 Å². The van der Waals surface area contributed by atoms with E-state index in [1.807, 2.05) is 7.05 Å². The van der Waals surface area contributed by atoms with Gasteiger partial charge in [-0.25, -0.2) is 0 Å². The van der Waals surface area contributed by atoms with E-state index < -0.39 is 5.97 Å². The van der Waals surface area contributed by atoms with E-state index in [0.717, 1.165) is 12.8 Å². The molecule has 0 saturated heterocycles. The Labute approximate surface area is 85.1 Å². The highest BCUT2D eigenvalue weighted by atomic mass is 16.4. The third kappa shape index (κ3) is 1.92. The van der Waals surface area contributed by atoms with Crippen molar-refractivity contribution in [2.24, 2.45) is 5.92 Å².